The first-order valence-electron chi connectivity index (χ1n) is 5.09. The molecule has 1 aliphatic rings. The van der Waals surface area contributed by atoms with Crippen molar-refractivity contribution in [1.29, 1.82) is 0 Å². The molecule has 0 saturated carbocycles. The molecule has 0 aliphatic carbocycles. The van der Waals surface area contributed by atoms with Crippen LogP contribution in [0.5, 0.6) is 0 Å². The van der Waals surface area contributed by atoms with E-state index in [1.807, 2.05) is 6.07 Å². The maximum atomic E-state index is 5.33. The van der Waals surface area contributed by atoms with Gasteiger partial charge in [0, 0.05) is 6.54 Å². The lowest BCUT2D eigenvalue weighted by Gasteiger charge is -2.29. The van der Waals surface area contributed by atoms with Crippen molar-refractivity contribution in [3.8, 4) is 0 Å². The Labute approximate surface area is 79.5 Å². The molecule has 72 valence electrons. The average Bonchev–Trinajstić information content (AvgIpc) is 2.57. The number of rotatable bonds is 2. The average molecular weight is 179 g/mol. The lowest BCUT2D eigenvalue weighted by Crippen LogP contribution is -2.33. The normalized spacial score (nSPS) is 24.8. The Kier molecular flexibility index (Phi) is 2.69. The number of hydrogen-bond donors (Lipinski definition) is 0. The first kappa shape index (κ1) is 8.82. The third-order valence-corrected chi connectivity index (χ3v) is 2.70. The van der Waals surface area contributed by atoms with Gasteiger partial charge in [0.25, 0.3) is 0 Å². The number of nitrogens with zero attached hydrogens (tertiary/aromatic N) is 1. The lowest BCUT2D eigenvalue weighted by atomic mass is 10.0. The quantitative estimate of drug-likeness (QED) is 0.693. The van der Waals surface area contributed by atoms with E-state index in [4.69, 9.17) is 4.42 Å². The van der Waals surface area contributed by atoms with Crippen LogP contribution < -0.4 is 0 Å². The molecule has 2 nitrogen and oxygen atoms in total. The second-order valence-corrected chi connectivity index (χ2v) is 4.06. The van der Waals surface area contributed by atoms with Gasteiger partial charge in [-0.2, -0.15) is 0 Å². The Morgan fingerprint density at radius 3 is 3.23 bits per heavy atom. The van der Waals surface area contributed by atoms with Crippen molar-refractivity contribution >= 4 is 0 Å². The molecule has 2 rings (SSSR count). The molecule has 1 aromatic heterocycles. The number of hydrogen-bond acceptors (Lipinski definition) is 2. The van der Waals surface area contributed by atoms with Gasteiger partial charge in [-0.3, -0.25) is 4.90 Å². The predicted molar refractivity (Wildman–Crippen MR) is 52.4 cm³/mol. The number of piperidine rings is 1. The third-order valence-electron chi connectivity index (χ3n) is 2.70. The summed E-state index contributed by atoms with van der Waals surface area (Å²) in [6, 6.07) is 4.02. The minimum Gasteiger partial charge on any atom is -0.468 e. The Bertz CT molecular complexity index is 243. The Hall–Kier alpha value is -0.760. The fourth-order valence-electron chi connectivity index (χ4n) is 2.05. The van der Waals surface area contributed by atoms with E-state index >= 15 is 0 Å². The maximum absolute atomic E-state index is 5.33. The van der Waals surface area contributed by atoms with Gasteiger partial charge in [0.05, 0.1) is 12.8 Å². The van der Waals surface area contributed by atoms with Crippen molar-refractivity contribution in [2.75, 3.05) is 13.1 Å². The van der Waals surface area contributed by atoms with Gasteiger partial charge in [-0.25, -0.2) is 0 Å². The van der Waals surface area contributed by atoms with Gasteiger partial charge in [0.2, 0.25) is 0 Å². The predicted octanol–water partition coefficient (Wildman–Crippen LogP) is 2.51. The van der Waals surface area contributed by atoms with Gasteiger partial charge in [0.1, 0.15) is 5.76 Å². The first-order chi connectivity index (χ1) is 6.34. The summed E-state index contributed by atoms with van der Waals surface area (Å²) in [5.74, 6) is 1.94. The van der Waals surface area contributed by atoms with E-state index in [1.165, 1.54) is 25.9 Å². The standard InChI is InChI=1S/C11H17NO/c1-10-4-2-6-12(8-10)9-11-5-3-7-13-11/h3,5,7,10H,2,4,6,8-9H2,1H3. The van der Waals surface area contributed by atoms with Gasteiger partial charge >= 0.3 is 0 Å². The van der Waals surface area contributed by atoms with Crippen molar-refractivity contribution in [2.45, 2.75) is 26.3 Å². The summed E-state index contributed by atoms with van der Waals surface area (Å²) in [5, 5.41) is 0. The Morgan fingerprint density at radius 2 is 2.54 bits per heavy atom. The van der Waals surface area contributed by atoms with Crippen LogP contribution in [-0.2, 0) is 6.54 Å². The van der Waals surface area contributed by atoms with Crippen molar-refractivity contribution in [2.24, 2.45) is 5.92 Å². The van der Waals surface area contributed by atoms with Gasteiger partial charge in [0.15, 0.2) is 0 Å². The molecule has 0 aromatic carbocycles. The highest BCUT2D eigenvalue weighted by molar-refractivity contribution is 4.98. The monoisotopic (exact) mass is 179 g/mol. The summed E-state index contributed by atoms with van der Waals surface area (Å²) in [6.07, 6.45) is 4.47. The molecule has 0 N–H and O–H groups in total. The van der Waals surface area contributed by atoms with Crippen LogP contribution in [0.15, 0.2) is 22.8 Å². The molecule has 1 saturated heterocycles. The Balaban J connectivity index is 1.87. The highest BCUT2D eigenvalue weighted by Gasteiger charge is 2.16. The summed E-state index contributed by atoms with van der Waals surface area (Å²) >= 11 is 0. The zero-order valence-electron chi connectivity index (χ0n) is 8.20. The summed E-state index contributed by atoms with van der Waals surface area (Å²) in [5.41, 5.74) is 0. The molecule has 2 heteroatoms. The van der Waals surface area contributed by atoms with Gasteiger partial charge in [-0.1, -0.05) is 6.92 Å². The Morgan fingerprint density at radius 1 is 1.62 bits per heavy atom. The molecule has 2 heterocycles. The molecular weight excluding hydrogens is 162 g/mol. The fraction of sp³-hybridized carbons (Fsp3) is 0.636. The molecule has 1 aromatic rings. The van der Waals surface area contributed by atoms with Crippen LogP contribution in [0.25, 0.3) is 0 Å². The van der Waals surface area contributed by atoms with Gasteiger partial charge in [-0.15, -0.1) is 0 Å². The van der Waals surface area contributed by atoms with E-state index in [0.717, 1.165) is 18.2 Å². The van der Waals surface area contributed by atoms with Crippen LogP contribution in [0.2, 0.25) is 0 Å². The lowest BCUT2D eigenvalue weighted by molar-refractivity contribution is 0.165. The largest absolute Gasteiger partial charge is 0.468 e. The van der Waals surface area contributed by atoms with Crippen molar-refractivity contribution < 1.29 is 4.42 Å². The highest BCUT2D eigenvalue weighted by atomic mass is 16.3. The summed E-state index contributed by atoms with van der Waals surface area (Å²) in [6.45, 7) is 5.76. The van der Waals surface area contributed by atoms with Crippen LogP contribution in [0.1, 0.15) is 25.5 Å². The van der Waals surface area contributed by atoms with E-state index in [1.54, 1.807) is 6.26 Å². The SMILES string of the molecule is CC1CCCN(Cc2ccco2)C1. The summed E-state index contributed by atoms with van der Waals surface area (Å²) < 4.78 is 5.33. The minimum atomic E-state index is 0.851. The molecule has 0 spiro atoms. The van der Waals surface area contributed by atoms with Gasteiger partial charge in [-0.05, 0) is 37.4 Å². The van der Waals surface area contributed by atoms with Crippen LogP contribution >= 0.6 is 0 Å². The van der Waals surface area contributed by atoms with E-state index in [2.05, 4.69) is 17.9 Å². The topological polar surface area (TPSA) is 16.4 Å². The second-order valence-electron chi connectivity index (χ2n) is 4.06. The molecular formula is C11H17NO. The zero-order chi connectivity index (χ0) is 9.10. The molecule has 0 bridgehead atoms. The van der Waals surface area contributed by atoms with Gasteiger partial charge < -0.3 is 4.42 Å². The minimum absolute atomic E-state index is 0.851. The molecule has 1 atom stereocenters. The maximum Gasteiger partial charge on any atom is 0.117 e. The number of likely N-dealkylation sites (tertiary alicyclic amines) is 1. The third kappa shape index (κ3) is 2.34. The van der Waals surface area contributed by atoms with Crippen molar-refractivity contribution in [3.05, 3.63) is 24.2 Å². The highest BCUT2D eigenvalue weighted by Crippen LogP contribution is 2.17. The van der Waals surface area contributed by atoms with Crippen LogP contribution in [0.4, 0.5) is 0 Å². The molecule has 13 heavy (non-hydrogen) atoms. The smallest absolute Gasteiger partial charge is 0.117 e. The summed E-state index contributed by atoms with van der Waals surface area (Å²) in [4.78, 5) is 2.48. The first-order valence-corrected chi connectivity index (χ1v) is 5.09. The van der Waals surface area contributed by atoms with E-state index in [0.29, 0.717) is 0 Å². The van der Waals surface area contributed by atoms with Crippen molar-refractivity contribution in [1.82, 2.24) is 4.90 Å². The van der Waals surface area contributed by atoms with Crippen LogP contribution in [0, 0.1) is 5.92 Å². The second kappa shape index (κ2) is 3.97. The van der Waals surface area contributed by atoms with E-state index in [-0.39, 0.29) is 0 Å². The van der Waals surface area contributed by atoms with Crippen LogP contribution in [0.3, 0.4) is 0 Å². The molecule has 1 unspecified atom stereocenters. The van der Waals surface area contributed by atoms with E-state index in [9.17, 15) is 0 Å². The van der Waals surface area contributed by atoms with Crippen LogP contribution in [-0.4, -0.2) is 18.0 Å². The summed E-state index contributed by atoms with van der Waals surface area (Å²) in [7, 11) is 0. The van der Waals surface area contributed by atoms with Crippen molar-refractivity contribution in [3.63, 3.8) is 0 Å². The van der Waals surface area contributed by atoms with E-state index < -0.39 is 0 Å². The molecule has 1 fully saturated rings. The molecule has 1 aliphatic heterocycles. The fourth-order valence-corrected chi connectivity index (χ4v) is 2.05. The number of furan rings is 1. The molecule has 0 amide bonds. The molecule has 0 radical (unpaired) electrons. The zero-order valence-corrected chi connectivity index (χ0v) is 8.20.